The second-order valence-corrected chi connectivity index (χ2v) is 6.94. The average Bonchev–Trinajstić information content (AvgIpc) is 2.64. The van der Waals surface area contributed by atoms with Gasteiger partial charge >= 0.3 is 0 Å². The van der Waals surface area contributed by atoms with Gasteiger partial charge in [-0.05, 0) is 46.2 Å². The van der Waals surface area contributed by atoms with Crippen molar-refractivity contribution in [2.45, 2.75) is 12.5 Å². The third-order valence-electron chi connectivity index (χ3n) is 4.13. The van der Waals surface area contributed by atoms with Crippen molar-refractivity contribution < 1.29 is 5.11 Å². The Labute approximate surface area is 156 Å². The van der Waals surface area contributed by atoms with Crippen LogP contribution in [0, 0.1) is 0 Å². The molecule has 0 heterocycles. The Balaban J connectivity index is 2.24. The summed E-state index contributed by atoms with van der Waals surface area (Å²) < 4.78 is 1.05. The molecule has 0 saturated carbocycles. The van der Waals surface area contributed by atoms with E-state index >= 15 is 0 Å². The van der Waals surface area contributed by atoms with Gasteiger partial charge < -0.3 is 5.11 Å². The van der Waals surface area contributed by atoms with Crippen molar-refractivity contribution in [2.75, 3.05) is 0 Å². The number of hydrogen-bond donors (Lipinski definition) is 1. The van der Waals surface area contributed by atoms with E-state index < -0.39 is 5.60 Å². The molecule has 0 saturated heterocycles. The molecule has 0 aliphatic rings. The molecule has 3 aromatic rings. The Kier molecular flexibility index (Phi) is 5.17. The number of aliphatic hydroxyl groups is 1. The van der Waals surface area contributed by atoms with Crippen LogP contribution in [0.5, 0.6) is 0 Å². The summed E-state index contributed by atoms with van der Waals surface area (Å²) in [5, 5.41) is 11.5. The molecule has 2 heteroatoms. The van der Waals surface area contributed by atoms with Gasteiger partial charge in [0.05, 0.1) is 0 Å². The Morgan fingerprint density at radius 2 is 1.12 bits per heavy atom. The van der Waals surface area contributed by atoms with Crippen LogP contribution in [0.1, 0.15) is 23.6 Å². The van der Waals surface area contributed by atoms with Crippen molar-refractivity contribution in [1.29, 1.82) is 0 Å². The van der Waals surface area contributed by atoms with Crippen molar-refractivity contribution in [3.8, 4) is 0 Å². The molecule has 0 amide bonds. The molecule has 3 aromatic carbocycles. The molecular formula is C22H19IO. The van der Waals surface area contributed by atoms with Gasteiger partial charge in [-0.15, -0.1) is 0 Å². The largest absolute Gasteiger partial charge is 0.381 e. The lowest BCUT2D eigenvalue weighted by atomic mass is 9.83. The van der Waals surface area contributed by atoms with E-state index in [1.165, 1.54) is 0 Å². The predicted octanol–water partition coefficient (Wildman–Crippen LogP) is 5.90. The molecule has 120 valence electrons. The van der Waals surface area contributed by atoms with Crippen LogP contribution in [0.25, 0.3) is 9.15 Å². The molecule has 0 fully saturated rings. The maximum absolute atomic E-state index is 11.5. The summed E-state index contributed by atoms with van der Waals surface area (Å²) in [7, 11) is 0. The first-order valence-corrected chi connectivity index (χ1v) is 8.97. The van der Waals surface area contributed by atoms with Gasteiger partial charge in [-0.1, -0.05) is 91.0 Å². The van der Waals surface area contributed by atoms with Crippen LogP contribution in [-0.2, 0) is 5.60 Å². The minimum absolute atomic E-state index is 0.883. The molecule has 1 atom stereocenters. The van der Waals surface area contributed by atoms with E-state index in [9.17, 15) is 5.11 Å². The van der Waals surface area contributed by atoms with Gasteiger partial charge in [0.15, 0.2) is 0 Å². The van der Waals surface area contributed by atoms with Crippen molar-refractivity contribution in [3.05, 3.63) is 108 Å². The summed E-state index contributed by atoms with van der Waals surface area (Å²) in [6.07, 6.45) is 0. The first-order valence-electron chi connectivity index (χ1n) is 7.89. The Hall–Kier alpha value is -1.91. The lowest BCUT2D eigenvalue weighted by molar-refractivity contribution is 0.123. The van der Waals surface area contributed by atoms with E-state index in [1.54, 1.807) is 0 Å². The Bertz CT molecular complexity index is 822. The molecule has 1 unspecified atom stereocenters. The fraction of sp³-hybridized carbons (Fsp3) is 0.0909. The summed E-state index contributed by atoms with van der Waals surface area (Å²) in [5.74, 6) is 0. The third kappa shape index (κ3) is 3.45. The van der Waals surface area contributed by atoms with Gasteiger partial charge in [-0.25, -0.2) is 0 Å². The first-order chi connectivity index (χ1) is 11.6. The quantitative estimate of drug-likeness (QED) is 0.407. The highest BCUT2D eigenvalue weighted by atomic mass is 127. The van der Waals surface area contributed by atoms with Gasteiger partial charge in [0, 0.05) is 9.15 Å². The minimum atomic E-state index is -1.09. The summed E-state index contributed by atoms with van der Waals surface area (Å²) >= 11 is 2.34. The van der Waals surface area contributed by atoms with E-state index in [-0.39, 0.29) is 0 Å². The maximum atomic E-state index is 11.5. The number of halogens is 1. The summed E-state index contributed by atoms with van der Waals surface area (Å²) in [4.78, 5) is 0. The topological polar surface area (TPSA) is 20.2 Å². The molecular weight excluding hydrogens is 407 g/mol. The molecule has 1 N–H and O–H groups in total. The molecule has 0 aliphatic carbocycles. The fourth-order valence-electron chi connectivity index (χ4n) is 2.86. The number of rotatable bonds is 4. The average molecular weight is 426 g/mol. The Morgan fingerprint density at radius 1 is 0.708 bits per heavy atom. The molecule has 0 radical (unpaired) electrons. The summed E-state index contributed by atoms with van der Waals surface area (Å²) in [5.41, 5.74) is 2.84. The zero-order valence-electron chi connectivity index (χ0n) is 13.5. The van der Waals surface area contributed by atoms with Gasteiger partial charge in [0.25, 0.3) is 0 Å². The van der Waals surface area contributed by atoms with Crippen LogP contribution in [-0.4, -0.2) is 5.11 Å². The second-order valence-electron chi connectivity index (χ2n) is 5.86. The third-order valence-corrected chi connectivity index (χ3v) is 5.29. The standard InChI is InChI=1S/C22H19IO/c1-22(24,19-15-9-4-10-16-19)20(17-11-5-2-6-12-17)21(23)18-13-7-3-8-14-18/h2-16,24H,1H3/b21-20-. The van der Waals surface area contributed by atoms with Crippen LogP contribution in [0.2, 0.25) is 0 Å². The monoisotopic (exact) mass is 426 g/mol. The summed E-state index contributed by atoms with van der Waals surface area (Å²) in [6, 6.07) is 30.1. The molecule has 24 heavy (non-hydrogen) atoms. The zero-order chi connectivity index (χ0) is 17.0. The highest BCUT2D eigenvalue weighted by Crippen LogP contribution is 2.43. The molecule has 0 bridgehead atoms. The molecule has 0 aromatic heterocycles. The van der Waals surface area contributed by atoms with Gasteiger partial charge in [-0.2, -0.15) is 0 Å². The van der Waals surface area contributed by atoms with E-state index in [0.29, 0.717) is 0 Å². The maximum Gasteiger partial charge on any atom is 0.113 e. The number of hydrogen-bond acceptors (Lipinski definition) is 1. The van der Waals surface area contributed by atoms with E-state index in [0.717, 1.165) is 25.8 Å². The molecule has 3 rings (SSSR count). The lowest BCUT2D eigenvalue weighted by Crippen LogP contribution is -2.23. The van der Waals surface area contributed by atoms with Crippen molar-refractivity contribution >= 4 is 31.7 Å². The summed E-state index contributed by atoms with van der Waals surface area (Å²) in [6.45, 7) is 1.87. The number of benzene rings is 3. The molecule has 0 aliphatic heterocycles. The van der Waals surface area contributed by atoms with Crippen molar-refractivity contribution in [2.24, 2.45) is 0 Å². The fourth-order valence-corrected chi connectivity index (χ4v) is 4.06. The Morgan fingerprint density at radius 3 is 1.62 bits per heavy atom. The van der Waals surface area contributed by atoms with Crippen molar-refractivity contribution in [3.63, 3.8) is 0 Å². The van der Waals surface area contributed by atoms with E-state index in [1.807, 2.05) is 85.8 Å². The van der Waals surface area contributed by atoms with Crippen LogP contribution in [0.4, 0.5) is 0 Å². The van der Waals surface area contributed by atoms with Crippen LogP contribution >= 0.6 is 22.6 Å². The predicted molar refractivity (Wildman–Crippen MR) is 110 cm³/mol. The first kappa shape index (κ1) is 16.9. The van der Waals surface area contributed by atoms with Crippen LogP contribution < -0.4 is 0 Å². The van der Waals surface area contributed by atoms with E-state index in [2.05, 4.69) is 34.7 Å². The van der Waals surface area contributed by atoms with E-state index in [4.69, 9.17) is 0 Å². The highest BCUT2D eigenvalue weighted by Gasteiger charge is 2.31. The normalized spacial score (nSPS) is 14.6. The van der Waals surface area contributed by atoms with Gasteiger partial charge in [0.2, 0.25) is 0 Å². The highest BCUT2D eigenvalue weighted by molar-refractivity contribution is 14.1. The SMILES string of the molecule is CC(O)(/C(=C(\I)c1ccccc1)c1ccccc1)c1ccccc1. The van der Waals surface area contributed by atoms with Gasteiger partial charge in [-0.3, -0.25) is 0 Å². The van der Waals surface area contributed by atoms with Crippen molar-refractivity contribution in [1.82, 2.24) is 0 Å². The minimum Gasteiger partial charge on any atom is -0.381 e. The zero-order valence-corrected chi connectivity index (χ0v) is 15.6. The van der Waals surface area contributed by atoms with Crippen LogP contribution in [0.15, 0.2) is 91.0 Å². The second kappa shape index (κ2) is 7.32. The molecule has 1 nitrogen and oxygen atoms in total. The molecule has 0 spiro atoms. The smallest absolute Gasteiger partial charge is 0.113 e. The lowest BCUT2D eigenvalue weighted by Gasteiger charge is -2.29. The van der Waals surface area contributed by atoms with Gasteiger partial charge in [0.1, 0.15) is 5.60 Å². The van der Waals surface area contributed by atoms with Crippen LogP contribution in [0.3, 0.4) is 0 Å².